The molecule has 0 aliphatic carbocycles. The lowest BCUT2D eigenvalue weighted by atomic mass is 10.2. The van der Waals surface area contributed by atoms with Gasteiger partial charge in [0.25, 0.3) is 0 Å². The predicted octanol–water partition coefficient (Wildman–Crippen LogP) is 0.654. The molecule has 3 N–H and O–H groups in total. The van der Waals surface area contributed by atoms with Gasteiger partial charge in [-0.15, -0.1) is 0 Å². The van der Waals surface area contributed by atoms with Gasteiger partial charge in [-0.2, -0.15) is 0 Å². The fourth-order valence-corrected chi connectivity index (χ4v) is 5.77. The molecule has 6 nitrogen and oxygen atoms in total. The predicted molar refractivity (Wildman–Crippen MR) is 81.3 cm³/mol. The molecule has 9 heteroatoms. The summed E-state index contributed by atoms with van der Waals surface area (Å²) >= 11 is 5.95. The van der Waals surface area contributed by atoms with Gasteiger partial charge in [-0.05, 0) is 30.5 Å². The molecule has 0 radical (unpaired) electrons. The Bertz CT molecular complexity index is 732. The van der Waals surface area contributed by atoms with E-state index in [1.54, 1.807) is 6.07 Å². The van der Waals surface area contributed by atoms with Crippen molar-refractivity contribution in [2.75, 3.05) is 12.3 Å². The molecule has 1 aromatic carbocycles. The van der Waals surface area contributed by atoms with Crippen LogP contribution < -0.4 is 10.5 Å². The van der Waals surface area contributed by atoms with Crippen molar-refractivity contribution >= 4 is 31.5 Å². The number of nitrogens with one attached hydrogen (secondary N) is 1. The summed E-state index contributed by atoms with van der Waals surface area (Å²) in [5, 5.41) is -0.589. The van der Waals surface area contributed by atoms with Crippen LogP contribution in [-0.4, -0.2) is 34.4 Å². The molecule has 0 aromatic heterocycles. The number of benzene rings is 1. The van der Waals surface area contributed by atoms with Gasteiger partial charge in [-0.3, -0.25) is 0 Å². The second-order valence-electron chi connectivity index (χ2n) is 4.95. The molecule has 0 saturated carbocycles. The molecular formula is C12H17ClN2O4S2. The highest BCUT2D eigenvalue weighted by atomic mass is 35.5. The van der Waals surface area contributed by atoms with Gasteiger partial charge in [0.2, 0.25) is 10.0 Å². The minimum atomic E-state index is -3.84. The van der Waals surface area contributed by atoms with Gasteiger partial charge in [0.05, 0.1) is 16.0 Å². The Morgan fingerprint density at radius 3 is 2.62 bits per heavy atom. The number of sulfonamides is 1. The van der Waals surface area contributed by atoms with E-state index < -0.39 is 25.1 Å². The van der Waals surface area contributed by atoms with Crippen LogP contribution in [0.3, 0.4) is 0 Å². The van der Waals surface area contributed by atoms with Gasteiger partial charge in [0, 0.05) is 13.1 Å². The molecule has 2 rings (SSSR count). The van der Waals surface area contributed by atoms with Gasteiger partial charge in [0.15, 0.2) is 9.84 Å². The summed E-state index contributed by atoms with van der Waals surface area (Å²) in [7, 11) is -7.03. The molecule has 0 bridgehead atoms. The molecule has 1 atom stereocenters. The van der Waals surface area contributed by atoms with E-state index >= 15 is 0 Å². The van der Waals surface area contributed by atoms with Gasteiger partial charge in [0.1, 0.15) is 4.90 Å². The maximum absolute atomic E-state index is 12.2. The lowest BCUT2D eigenvalue weighted by Crippen LogP contribution is -2.34. The van der Waals surface area contributed by atoms with E-state index in [0.717, 1.165) is 5.56 Å². The van der Waals surface area contributed by atoms with Crippen molar-refractivity contribution in [3.8, 4) is 0 Å². The van der Waals surface area contributed by atoms with E-state index in [0.29, 0.717) is 12.8 Å². The Morgan fingerprint density at radius 2 is 2.10 bits per heavy atom. The lowest BCUT2D eigenvalue weighted by molar-refractivity contribution is 0.571. The van der Waals surface area contributed by atoms with Crippen LogP contribution in [0.2, 0.25) is 5.02 Å². The smallest absolute Gasteiger partial charge is 0.242 e. The van der Waals surface area contributed by atoms with E-state index in [-0.39, 0.29) is 28.8 Å². The first-order valence-corrected chi connectivity index (χ1v) is 10.0. The zero-order chi connectivity index (χ0) is 15.7. The molecule has 1 unspecified atom stereocenters. The van der Waals surface area contributed by atoms with Crippen LogP contribution in [0, 0.1) is 0 Å². The van der Waals surface area contributed by atoms with Crippen LogP contribution >= 0.6 is 11.6 Å². The Morgan fingerprint density at radius 1 is 1.38 bits per heavy atom. The summed E-state index contributed by atoms with van der Waals surface area (Å²) in [4.78, 5) is -0.0724. The minimum Gasteiger partial charge on any atom is -0.326 e. The molecule has 1 aliphatic rings. The number of halogens is 1. The fourth-order valence-electron chi connectivity index (χ4n) is 2.26. The monoisotopic (exact) mass is 352 g/mol. The average Bonchev–Trinajstić information content (AvgIpc) is 2.75. The molecule has 0 amide bonds. The standard InChI is InChI=1S/C12H17ClN2O4S2/c13-11-6-9(7-14)3-4-12(11)21(18,19)15-8-10-2-1-5-20(10,16)17/h3-4,6,10,15H,1-2,5,7-8,14H2. The summed E-state index contributed by atoms with van der Waals surface area (Å²) in [5.41, 5.74) is 6.18. The lowest BCUT2D eigenvalue weighted by Gasteiger charge is -2.12. The number of rotatable bonds is 5. The fraction of sp³-hybridized carbons (Fsp3) is 0.500. The number of hydrogen-bond acceptors (Lipinski definition) is 5. The summed E-state index contributed by atoms with van der Waals surface area (Å²) in [6.45, 7) is 0.132. The van der Waals surface area contributed by atoms with Crippen LogP contribution in [0.4, 0.5) is 0 Å². The zero-order valence-electron chi connectivity index (χ0n) is 11.2. The summed E-state index contributed by atoms with van der Waals surface area (Å²) in [6.07, 6.45) is 1.05. The Labute approximate surface area is 129 Å². The molecular weight excluding hydrogens is 336 g/mol. The van der Waals surface area contributed by atoms with E-state index in [1.165, 1.54) is 12.1 Å². The molecule has 21 heavy (non-hydrogen) atoms. The summed E-state index contributed by atoms with van der Waals surface area (Å²) in [6, 6.07) is 4.44. The highest BCUT2D eigenvalue weighted by Gasteiger charge is 2.32. The molecule has 1 fully saturated rings. The first-order valence-electron chi connectivity index (χ1n) is 6.46. The van der Waals surface area contributed by atoms with Crippen molar-refractivity contribution < 1.29 is 16.8 Å². The van der Waals surface area contributed by atoms with Crippen LogP contribution in [-0.2, 0) is 26.4 Å². The molecule has 1 aromatic rings. The minimum absolute atomic E-state index is 0.0692. The highest BCUT2D eigenvalue weighted by Crippen LogP contribution is 2.24. The van der Waals surface area contributed by atoms with Gasteiger partial charge in [-0.25, -0.2) is 21.6 Å². The quantitative estimate of drug-likeness (QED) is 0.809. The third kappa shape index (κ3) is 3.75. The van der Waals surface area contributed by atoms with E-state index in [2.05, 4.69) is 4.72 Å². The van der Waals surface area contributed by atoms with Crippen LogP contribution in [0.5, 0.6) is 0 Å². The van der Waals surface area contributed by atoms with Crippen molar-refractivity contribution in [3.05, 3.63) is 28.8 Å². The Balaban J connectivity index is 2.16. The molecule has 118 valence electrons. The van der Waals surface area contributed by atoms with Crippen LogP contribution in [0.15, 0.2) is 23.1 Å². The zero-order valence-corrected chi connectivity index (χ0v) is 13.6. The average molecular weight is 353 g/mol. The number of nitrogens with two attached hydrogens (primary N) is 1. The Hall–Kier alpha value is -0.670. The molecule has 0 spiro atoms. The third-order valence-corrected chi connectivity index (χ3v) is 7.67. The van der Waals surface area contributed by atoms with E-state index in [1.807, 2.05) is 0 Å². The van der Waals surface area contributed by atoms with Crippen molar-refractivity contribution in [2.24, 2.45) is 5.73 Å². The largest absolute Gasteiger partial charge is 0.326 e. The van der Waals surface area contributed by atoms with Gasteiger partial charge < -0.3 is 5.73 Å². The van der Waals surface area contributed by atoms with Crippen molar-refractivity contribution in [1.29, 1.82) is 0 Å². The van der Waals surface area contributed by atoms with Crippen LogP contribution in [0.25, 0.3) is 0 Å². The van der Waals surface area contributed by atoms with Crippen molar-refractivity contribution in [3.63, 3.8) is 0 Å². The topological polar surface area (TPSA) is 106 Å². The molecule has 1 heterocycles. The maximum atomic E-state index is 12.2. The van der Waals surface area contributed by atoms with Crippen molar-refractivity contribution in [2.45, 2.75) is 29.5 Å². The van der Waals surface area contributed by atoms with Gasteiger partial charge in [-0.1, -0.05) is 17.7 Å². The normalized spacial score (nSPS) is 21.5. The SMILES string of the molecule is NCc1ccc(S(=O)(=O)NCC2CCCS2(=O)=O)c(Cl)c1. The maximum Gasteiger partial charge on any atom is 0.242 e. The second kappa shape index (κ2) is 6.21. The first-order chi connectivity index (χ1) is 9.76. The number of sulfone groups is 1. The second-order valence-corrected chi connectivity index (χ2v) is 9.50. The molecule has 1 aliphatic heterocycles. The first kappa shape index (κ1) is 16.7. The van der Waals surface area contributed by atoms with E-state index in [4.69, 9.17) is 17.3 Å². The Kier molecular flexibility index (Phi) is 4.94. The molecule has 1 saturated heterocycles. The van der Waals surface area contributed by atoms with Crippen molar-refractivity contribution in [1.82, 2.24) is 4.72 Å². The summed E-state index contributed by atoms with van der Waals surface area (Å²) in [5.74, 6) is 0.116. The van der Waals surface area contributed by atoms with Gasteiger partial charge >= 0.3 is 0 Å². The van der Waals surface area contributed by atoms with E-state index in [9.17, 15) is 16.8 Å². The summed E-state index contributed by atoms with van der Waals surface area (Å²) < 4.78 is 50.1. The number of hydrogen-bond donors (Lipinski definition) is 2. The highest BCUT2D eigenvalue weighted by molar-refractivity contribution is 7.92. The van der Waals surface area contributed by atoms with Crippen LogP contribution in [0.1, 0.15) is 18.4 Å². The third-order valence-electron chi connectivity index (χ3n) is 3.49.